The number of pyridine rings is 1. The molecule has 2 fully saturated rings. The summed E-state index contributed by atoms with van der Waals surface area (Å²) >= 11 is 0. The first-order valence-electron chi connectivity index (χ1n) is 12.3. The Kier molecular flexibility index (Phi) is 8.08. The third-order valence-electron chi connectivity index (χ3n) is 6.93. The van der Waals surface area contributed by atoms with E-state index >= 15 is 0 Å². The molecular weight excluding hydrogens is 438 g/mol. The molecule has 4 heteroatoms. The number of anilines is 2. The third-order valence-corrected chi connectivity index (χ3v) is 6.93. The van der Waals surface area contributed by atoms with Gasteiger partial charge in [0.1, 0.15) is 7.05 Å². The van der Waals surface area contributed by atoms with Crippen molar-refractivity contribution in [1.29, 1.82) is 0 Å². The summed E-state index contributed by atoms with van der Waals surface area (Å²) in [5.41, 5.74) is 7.52. The largest absolute Gasteiger partial charge is 1.00 e. The van der Waals surface area contributed by atoms with Crippen molar-refractivity contribution >= 4 is 35.7 Å². The van der Waals surface area contributed by atoms with Gasteiger partial charge in [-0.05, 0) is 79.3 Å². The van der Waals surface area contributed by atoms with Crippen LogP contribution in [0.3, 0.4) is 0 Å². The number of rotatable bonds is 6. The molecule has 3 nitrogen and oxygen atoms in total. The van der Waals surface area contributed by atoms with Crippen LogP contribution >= 0.6 is 0 Å². The molecule has 34 heavy (non-hydrogen) atoms. The summed E-state index contributed by atoms with van der Waals surface area (Å²) < 4.78 is 2.24. The molecule has 2 aliphatic rings. The van der Waals surface area contributed by atoms with Crippen LogP contribution in [0.2, 0.25) is 0 Å². The van der Waals surface area contributed by atoms with Crippen LogP contribution in [0.1, 0.15) is 48.2 Å². The Balaban J connectivity index is 0.00000274. The quantitative estimate of drug-likeness (QED) is 0.511. The zero-order valence-electron chi connectivity index (χ0n) is 20.0. The normalized spacial score (nSPS) is 16.0. The van der Waals surface area contributed by atoms with E-state index in [1.54, 1.807) is 0 Å². The van der Waals surface area contributed by atoms with Crippen LogP contribution in [0.25, 0.3) is 24.3 Å². The first-order chi connectivity index (χ1) is 16.3. The Morgan fingerprint density at radius 3 is 1.32 bits per heavy atom. The summed E-state index contributed by atoms with van der Waals surface area (Å²) in [5, 5.41) is 0. The summed E-state index contributed by atoms with van der Waals surface area (Å²) in [4.78, 5) is 4.95. The van der Waals surface area contributed by atoms with Crippen molar-refractivity contribution in [3.8, 4) is 0 Å². The lowest BCUT2D eigenvalue weighted by Gasteiger charge is -2.17. The van der Waals surface area contributed by atoms with E-state index in [0.717, 1.165) is 0 Å². The Morgan fingerprint density at radius 2 is 0.941 bits per heavy atom. The second-order valence-electron chi connectivity index (χ2n) is 9.17. The molecule has 0 bridgehead atoms. The molecule has 0 N–H and O–H groups in total. The topological polar surface area (TPSA) is 10.4 Å². The number of hydrogen-bond acceptors (Lipinski definition) is 2. The Morgan fingerprint density at radius 1 is 0.559 bits per heavy atom. The molecule has 2 saturated heterocycles. The van der Waals surface area contributed by atoms with Gasteiger partial charge in [0.2, 0.25) is 11.4 Å². The SMILES string of the molecule is C[n+]1c(C=Cc2ccc(N3CCCC3)cc2)cccc1C=Cc1ccc(N2CCCC2)cc1.[Cl-]. The van der Waals surface area contributed by atoms with Crippen molar-refractivity contribution in [3.63, 3.8) is 0 Å². The van der Waals surface area contributed by atoms with Crippen molar-refractivity contribution < 1.29 is 17.0 Å². The first kappa shape index (κ1) is 24.1. The highest BCUT2D eigenvalue weighted by atomic mass is 35.5. The average Bonchev–Trinajstić information content (AvgIpc) is 3.58. The van der Waals surface area contributed by atoms with Crippen LogP contribution in [0, 0.1) is 0 Å². The molecule has 3 aromatic rings. The predicted octanol–water partition coefficient (Wildman–Crippen LogP) is 3.06. The van der Waals surface area contributed by atoms with Crippen molar-refractivity contribution in [1.82, 2.24) is 0 Å². The van der Waals surface area contributed by atoms with E-state index in [9.17, 15) is 0 Å². The summed E-state index contributed by atoms with van der Waals surface area (Å²) in [5.74, 6) is 0. The molecule has 5 rings (SSSR count). The van der Waals surface area contributed by atoms with Crippen molar-refractivity contribution in [3.05, 3.63) is 89.2 Å². The Bertz CT molecular complexity index is 1030. The standard InChI is InChI=1S/C30H34N3.ClH/c1-31-27(15-9-25-11-17-29(18-12-25)32-21-2-3-22-32)7-6-8-28(31)16-10-26-13-19-30(20-14-26)33-23-4-5-24-33;/h6-20H,2-5,21-24H2,1H3;1H/q+1;/p-1. The number of benzene rings is 2. The number of halogens is 1. The Hall–Kier alpha value is -3.04. The van der Waals surface area contributed by atoms with Gasteiger partial charge in [-0.3, -0.25) is 0 Å². The lowest BCUT2D eigenvalue weighted by molar-refractivity contribution is -0.675. The maximum Gasteiger partial charge on any atom is 0.205 e. The highest BCUT2D eigenvalue weighted by molar-refractivity contribution is 5.70. The summed E-state index contributed by atoms with van der Waals surface area (Å²) in [6.45, 7) is 4.75. The monoisotopic (exact) mass is 471 g/mol. The minimum atomic E-state index is 0. The van der Waals surface area contributed by atoms with Crippen LogP contribution in [-0.2, 0) is 7.05 Å². The molecule has 0 amide bonds. The van der Waals surface area contributed by atoms with Gasteiger partial charge in [-0.2, -0.15) is 4.57 Å². The van der Waals surface area contributed by atoms with E-state index in [4.69, 9.17) is 0 Å². The van der Waals surface area contributed by atoms with Gasteiger partial charge in [-0.25, -0.2) is 0 Å². The molecule has 0 aliphatic carbocycles. The van der Waals surface area contributed by atoms with Gasteiger partial charge in [-0.15, -0.1) is 0 Å². The van der Waals surface area contributed by atoms with Gasteiger partial charge in [0.05, 0.1) is 0 Å². The van der Waals surface area contributed by atoms with Crippen molar-refractivity contribution in [2.45, 2.75) is 25.7 Å². The van der Waals surface area contributed by atoms with Crippen LogP contribution in [0.15, 0.2) is 66.7 Å². The van der Waals surface area contributed by atoms with E-state index in [1.165, 1.54) is 85.8 Å². The number of hydrogen-bond donors (Lipinski definition) is 0. The molecule has 0 atom stereocenters. The van der Waals surface area contributed by atoms with E-state index in [1.807, 2.05) is 0 Å². The summed E-state index contributed by atoms with van der Waals surface area (Å²) in [6, 6.07) is 24.3. The third kappa shape index (κ3) is 5.71. The van der Waals surface area contributed by atoms with Crippen molar-refractivity contribution in [2.24, 2.45) is 7.05 Å². The minimum Gasteiger partial charge on any atom is -1.00 e. The fourth-order valence-corrected chi connectivity index (χ4v) is 4.86. The number of nitrogens with zero attached hydrogens (tertiary/aromatic N) is 3. The second-order valence-corrected chi connectivity index (χ2v) is 9.17. The fraction of sp³-hybridized carbons (Fsp3) is 0.300. The van der Waals surface area contributed by atoms with Gasteiger partial charge in [0.15, 0.2) is 0 Å². The van der Waals surface area contributed by atoms with Crippen LogP contribution in [0.4, 0.5) is 11.4 Å². The van der Waals surface area contributed by atoms with Crippen LogP contribution < -0.4 is 26.8 Å². The molecule has 0 radical (unpaired) electrons. The summed E-state index contributed by atoms with van der Waals surface area (Å²) in [6.07, 6.45) is 14.1. The lowest BCUT2D eigenvalue weighted by atomic mass is 10.1. The zero-order chi connectivity index (χ0) is 22.5. The van der Waals surface area contributed by atoms with Gasteiger partial charge >= 0.3 is 0 Å². The van der Waals surface area contributed by atoms with Gasteiger partial charge < -0.3 is 22.2 Å². The molecule has 0 saturated carbocycles. The van der Waals surface area contributed by atoms with E-state index in [0.29, 0.717) is 0 Å². The molecule has 3 heterocycles. The van der Waals surface area contributed by atoms with Gasteiger partial charge in [-0.1, -0.05) is 24.3 Å². The number of aromatic nitrogens is 1. The van der Waals surface area contributed by atoms with Crippen LogP contribution in [0.5, 0.6) is 0 Å². The van der Waals surface area contributed by atoms with E-state index in [-0.39, 0.29) is 12.4 Å². The van der Waals surface area contributed by atoms with Crippen molar-refractivity contribution in [2.75, 3.05) is 36.0 Å². The molecule has 0 unspecified atom stereocenters. The maximum atomic E-state index is 2.48. The first-order valence-corrected chi connectivity index (χ1v) is 12.3. The highest BCUT2D eigenvalue weighted by Crippen LogP contribution is 2.22. The smallest absolute Gasteiger partial charge is 0.205 e. The summed E-state index contributed by atoms with van der Waals surface area (Å²) in [7, 11) is 2.13. The molecule has 176 valence electrons. The van der Waals surface area contributed by atoms with E-state index in [2.05, 4.69) is 112 Å². The lowest BCUT2D eigenvalue weighted by Crippen LogP contribution is -3.00. The van der Waals surface area contributed by atoms with Gasteiger partial charge in [0.25, 0.3) is 0 Å². The Labute approximate surface area is 210 Å². The molecule has 2 aromatic carbocycles. The second kappa shape index (κ2) is 11.4. The zero-order valence-corrected chi connectivity index (χ0v) is 20.8. The molecule has 1 aromatic heterocycles. The van der Waals surface area contributed by atoms with Gasteiger partial charge in [0, 0.05) is 61.8 Å². The van der Waals surface area contributed by atoms with E-state index < -0.39 is 0 Å². The molecular formula is C30H34ClN3. The minimum absolute atomic E-state index is 0. The molecule has 0 spiro atoms. The fourth-order valence-electron chi connectivity index (χ4n) is 4.86. The highest BCUT2D eigenvalue weighted by Gasteiger charge is 2.13. The molecule has 2 aliphatic heterocycles. The maximum absolute atomic E-state index is 2.48. The van der Waals surface area contributed by atoms with Crippen LogP contribution in [-0.4, -0.2) is 26.2 Å². The predicted molar refractivity (Wildman–Crippen MR) is 141 cm³/mol. The average molecular weight is 472 g/mol.